The van der Waals surface area contributed by atoms with Gasteiger partial charge in [-0.2, -0.15) is 0 Å². The van der Waals surface area contributed by atoms with E-state index in [-0.39, 0.29) is 0 Å². The lowest BCUT2D eigenvalue weighted by Crippen LogP contribution is -2.27. The molecule has 1 heterocycles. The molecule has 0 bridgehead atoms. The molecule has 98 valence electrons. The third kappa shape index (κ3) is 3.55. The zero-order chi connectivity index (χ0) is 12.9. The van der Waals surface area contributed by atoms with Crippen LogP contribution in [0.1, 0.15) is 25.5 Å². The fourth-order valence-corrected chi connectivity index (χ4v) is 2.77. The summed E-state index contributed by atoms with van der Waals surface area (Å²) in [5.41, 5.74) is 0.870. The molecule has 0 atom stereocenters. The van der Waals surface area contributed by atoms with Gasteiger partial charge in [-0.1, -0.05) is 13.3 Å². The van der Waals surface area contributed by atoms with Gasteiger partial charge in [-0.05, 0) is 19.5 Å². The van der Waals surface area contributed by atoms with Crippen molar-refractivity contribution in [2.75, 3.05) is 20.6 Å². The highest BCUT2D eigenvalue weighted by Crippen LogP contribution is 2.15. The summed E-state index contributed by atoms with van der Waals surface area (Å²) in [4.78, 5) is 3.29. The van der Waals surface area contributed by atoms with E-state index < -0.39 is 10.0 Å². The highest BCUT2D eigenvalue weighted by atomic mass is 32.2. The molecule has 0 fully saturated rings. The van der Waals surface area contributed by atoms with Gasteiger partial charge in [0.2, 0.25) is 10.0 Å². The normalized spacial score (nSPS) is 12.2. The van der Waals surface area contributed by atoms with E-state index in [2.05, 4.69) is 10.3 Å². The smallest absolute Gasteiger partial charge is 0.244 e. The lowest BCUT2D eigenvalue weighted by atomic mass is 10.3. The Labute approximate surface area is 103 Å². The number of H-pyrrole nitrogens is 1. The average molecular weight is 259 g/mol. The minimum atomic E-state index is -3.33. The predicted octanol–water partition coefficient (Wildman–Crippen LogP) is 1.15. The number of aromatic nitrogens is 1. The number of sulfonamides is 1. The molecule has 0 amide bonds. The van der Waals surface area contributed by atoms with Crippen LogP contribution >= 0.6 is 0 Å². The molecule has 2 N–H and O–H groups in total. The van der Waals surface area contributed by atoms with Crippen molar-refractivity contribution >= 4 is 10.0 Å². The van der Waals surface area contributed by atoms with Gasteiger partial charge in [0.25, 0.3) is 0 Å². The topological polar surface area (TPSA) is 65.2 Å². The zero-order valence-corrected chi connectivity index (χ0v) is 11.5. The lowest BCUT2D eigenvalue weighted by Gasteiger charge is -2.15. The quantitative estimate of drug-likeness (QED) is 0.772. The van der Waals surface area contributed by atoms with Gasteiger partial charge in [0.15, 0.2) is 0 Å². The van der Waals surface area contributed by atoms with Crippen LogP contribution in [0.2, 0.25) is 0 Å². The Balaban J connectivity index is 2.81. The van der Waals surface area contributed by atoms with E-state index >= 15 is 0 Å². The number of nitrogens with zero attached hydrogens (tertiary/aromatic N) is 1. The Morgan fingerprint density at radius 1 is 1.47 bits per heavy atom. The van der Waals surface area contributed by atoms with Crippen molar-refractivity contribution in [3.05, 3.63) is 18.0 Å². The maximum absolute atomic E-state index is 12.1. The molecule has 0 aliphatic heterocycles. The first-order valence-electron chi connectivity index (χ1n) is 5.80. The summed E-state index contributed by atoms with van der Waals surface area (Å²) in [6, 6.07) is 1.67. The first kappa shape index (κ1) is 14.2. The molecule has 1 rings (SSSR count). The number of nitrogens with one attached hydrogen (secondary N) is 2. The maximum Gasteiger partial charge on any atom is 0.244 e. The average Bonchev–Trinajstić information content (AvgIpc) is 2.75. The van der Waals surface area contributed by atoms with E-state index in [0.717, 1.165) is 18.5 Å². The van der Waals surface area contributed by atoms with Gasteiger partial charge in [0.05, 0.1) is 4.90 Å². The predicted molar refractivity (Wildman–Crippen MR) is 68.3 cm³/mol. The molecule has 0 saturated heterocycles. The molecule has 0 radical (unpaired) electrons. The first-order valence-corrected chi connectivity index (χ1v) is 7.24. The second-order valence-corrected chi connectivity index (χ2v) is 6.12. The number of unbranched alkanes of at least 4 members (excludes halogenated alkanes) is 1. The summed E-state index contributed by atoms with van der Waals surface area (Å²) >= 11 is 0. The van der Waals surface area contributed by atoms with Crippen molar-refractivity contribution in [3.63, 3.8) is 0 Å². The molecule has 1 aromatic rings. The molecule has 6 heteroatoms. The van der Waals surface area contributed by atoms with Gasteiger partial charge < -0.3 is 10.3 Å². The van der Waals surface area contributed by atoms with E-state index in [1.54, 1.807) is 19.3 Å². The molecule has 5 nitrogen and oxygen atoms in total. The van der Waals surface area contributed by atoms with Gasteiger partial charge in [-0.15, -0.1) is 0 Å². The second kappa shape index (κ2) is 6.18. The van der Waals surface area contributed by atoms with Gasteiger partial charge >= 0.3 is 0 Å². The largest absolute Gasteiger partial charge is 0.363 e. The Hall–Kier alpha value is -0.850. The van der Waals surface area contributed by atoms with Crippen LogP contribution in [0.5, 0.6) is 0 Å². The highest BCUT2D eigenvalue weighted by molar-refractivity contribution is 7.89. The molecule has 1 aromatic heterocycles. The summed E-state index contributed by atoms with van der Waals surface area (Å²) in [5, 5.41) is 2.97. The molecule has 0 unspecified atom stereocenters. The molecule has 0 aliphatic carbocycles. The van der Waals surface area contributed by atoms with Crippen LogP contribution in [-0.4, -0.2) is 38.3 Å². The van der Waals surface area contributed by atoms with E-state index in [9.17, 15) is 8.42 Å². The Morgan fingerprint density at radius 3 is 2.76 bits per heavy atom. The SMILES string of the molecule is CCCCN(C)S(=O)(=O)c1c[nH]c(CNC)c1. The van der Waals surface area contributed by atoms with Crippen LogP contribution in [0, 0.1) is 0 Å². The third-order valence-corrected chi connectivity index (χ3v) is 4.45. The van der Waals surface area contributed by atoms with Crippen molar-refractivity contribution in [3.8, 4) is 0 Å². The van der Waals surface area contributed by atoms with Gasteiger partial charge in [0.1, 0.15) is 0 Å². The van der Waals surface area contributed by atoms with Gasteiger partial charge in [0, 0.05) is 32.0 Å². The molecule has 17 heavy (non-hydrogen) atoms. The summed E-state index contributed by atoms with van der Waals surface area (Å²) in [7, 11) is 0.108. The van der Waals surface area contributed by atoms with Crippen LogP contribution in [-0.2, 0) is 16.6 Å². The van der Waals surface area contributed by atoms with Crippen molar-refractivity contribution in [2.24, 2.45) is 0 Å². The van der Waals surface area contributed by atoms with E-state index in [1.807, 2.05) is 14.0 Å². The summed E-state index contributed by atoms with van der Waals surface area (Å²) < 4.78 is 25.7. The van der Waals surface area contributed by atoms with E-state index in [4.69, 9.17) is 0 Å². The monoisotopic (exact) mass is 259 g/mol. The molecule has 0 aliphatic rings. The van der Waals surface area contributed by atoms with Gasteiger partial charge in [-0.25, -0.2) is 12.7 Å². The van der Waals surface area contributed by atoms with Crippen molar-refractivity contribution in [2.45, 2.75) is 31.2 Å². The van der Waals surface area contributed by atoms with Crippen LogP contribution in [0.15, 0.2) is 17.2 Å². The number of hydrogen-bond acceptors (Lipinski definition) is 3. The fraction of sp³-hybridized carbons (Fsp3) is 0.636. The third-order valence-electron chi connectivity index (χ3n) is 2.62. The molecule has 0 aromatic carbocycles. The van der Waals surface area contributed by atoms with Gasteiger partial charge in [-0.3, -0.25) is 0 Å². The molecular formula is C11H21N3O2S. The zero-order valence-electron chi connectivity index (χ0n) is 10.7. The van der Waals surface area contributed by atoms with Crippen LogP contribution in [0.3, 0.4) is 0 Å². The number of rotatable bonds is 7. The fourth-order valence-electron chi connectivity index (χ4n) is 1.54. The molecular weight excluding hydrogens is 238 g/mol. The highest BCUT2D eigenvalue weighted by Gasteiger charge is 2.21. The summed E-state index contributed by atoms with van der Waals surface area (Å²) in [6.45, 7) is 3.24. The lowest BCUT2D eigenvalue weighted by molar-refractivity contribution is 0.459. The van der Waals surface area contributed by atoms with Crippen molar-refractivity contribution in [1.29, 1.82) is 0 Å². The number of aromatic amines is 1. The van der Waals surface area contributed by atoms with E-state index in [0.29, 0.717) is 18.0 Å². The van der Waals surface area contributed by atoms with E-state index in [1.165, 1.54) is 4.31 Å². The van der Waals surface area contributed by atoms with Crippen molar-refractivity contribution < 1.29 is 8.42 Å². The maximum atomic E-state index is 12.1. The molecule has 0 spiro atoms. The standard InChI is InChI=1S/C11H21N3O2S/c1-4-5-6-14(3)17(15,16)11-7-10(8-12-2)13-9-11/h7,9,12-13H,4-6,8H2,1-3H3. The Bertz CT molecular complexity index is 439. The van der Waals surface area contributed by atoms with Crippen LogP contribution < -0.4 is 5.32 Å². The minimum Gasteiger partial charge on any atom is -0.363 e. The minimum absolute atomic E-state index is 0.335. The Morgan fingerprint density at radius 2 is 2.18 bits per heavy atom. The Kier molecular flexibility index (Phi) is 5.17. The first-order chi connectivity index (χ1) is 8.02. The molecule has 0 saturated carbocycles. The van der Waals surface area contributed by atoms with Crippen LogP contribution in [0.4, 0.5) is 0 Å². The van der Waals surface area contributed by atoms with Crippen LogP contribution in [0.25, 0.3) is 0 Å². The summed E-state index contributed by atoms with van der Waals surface area (Å²) in [6.07, 6.45) is 3.41. The van der Waals surface area contributed by atoms with Crippen molar-refractivity contribution in [1.82, 2.24) is 14.6 Å². The summed E-state index contributed by atoms with van der Waals surface area (Å²) in [5.74, 6) is 0. The second-order valence-electron chi connectivity index (χ2n) is 4.07. The number of hydrogen-bond donors (Lipinski definition) is 2.